The minimum absolute atomic E-state index is 0.762. The van der Waals surface area contributed by atoms with E-state index in [-0.39, 0.29) is 0 Å². The van der Waals surface area contributed by atoms with E-state index < -0.39 is 0 Å². The first-order valence-electron chi connectivity index (χ1n) is 11.4. The third-order valence-electron chi connectivity index (χ3n) is 6.77. The molecule has 1 aliphatic heterocycles. The lowest BCUT2D eigenvalue weighted by Gasteiger charge is -2.35. The number of fused-ring (bicyclic) bond motifs is 2. The molecule has 1 aliphatic carbocycles. The molecule has 2 aliphatic rings. The maximum atomic E-state index is 5.47. The van der Waals surface area contributed by atoms with E-state index in [9.17, 15) is 0 Å². The number of hydrogen-bond donors (Lipinski definition) is 1. The third-order valence-corrected chi connectivity index (χ3v) is 6.77. The average Bonchev–Trinajstić information content (AvgIpc) is 3.26. The number of ether oxygens (including phenoxy) is 2. The monoisotopic (exact) mass is 422 g/mol. The number of likely N-dealkylation sites (N-methyl/N-ethyl adjacent to an activating group) is 1. The second-order valence-corrected chi connectivity index (χ2v) is 8.56. The van der Waals surface area contributed by atoms with Gasteiger partial charge in [-0.2, -0.15) is 9.61 Å². The largest absolute Gasteiger partial charge is 0.497 e. The molecule has 1 saturated heterocycles. The van der Waals surface area contributed by atoms with Crippen molar-refractivity contribution in [2.45, 2.75) is 32.6 Å². The summed E-state index contributed by atoms with van der Waals surface area (Å²) < 4.78 is 13.0. The maximum absolute atomic E-state index is 5.47. The van der Waals surface area contributed by atoms with E-state index in [2.05, 4.69) is 22.4 Å². The van der Waals surface area contributed by atoms with Crippen LogP contribution in [0.3, 0.4) is 0 Å². The topological polar surface area (TPSA) is 56.3 Å². The Morgan fingerprint density at radius 2 is 1.68 bits per heavy atom. The van der Waals surface area contributed by atoms with Gasteiger partial charge in [0.1, 0.15) is 17.3 Å². The Morgan fingerprint density at radius 3 is 2.35 bits per heavy atom. The van der Waals surface area contributed by atoms with Crippen LogP contribution in [0.4, 0.5) is 5.82 Å². The van der Waals surface area contributed by atoms with E-state index in [1.807, 2.05) is 18.2 Å². The van der Waals surface area contributed by atoms with Crippen LogP contribution in [0.2, 0.25) is 0 Å². The number of piperazine rings is 1. The van der Waals surface area contributed by atoms with Gasteiger partial charge in [-0.3, -0.25) is 0 Å². The highest BCUT2D eigenvalue weighted by Crippen LogP contribution is 2.34. The van der Waals surface area contributed by atoms with Gasteiger partial charge in [-0.15, -0.1) is 0 Å². The van der Waals surface area contributed by atoms with Crippen LogP contribution < -0.4 is 19.3 Å². The molecule has 1 fully saturated rings. The van der Waals surface area contributed by atoms with Gasteiger partial charge >= 0.3 is 0 Å². The molecular formula is C24H32N5O2+. The lowest BCUT2D eigenvalue weighted by molar-refractivity contribution is -0.898. The van der Waals surface area contributed by atoms with Gasteiger partial charge in [-0.05, 0) is 44.7 Å². The van der Waals surface area contributed by atoms with E-state index in [0.717, 1.165) is 54.3 Å². The number of quaternary nitrogens is 1. The molecule has 0 saturated carbocycles. The molecule has 0 radical (unpaired) electrons. The van der Waals surface area contributed by atoms with Crippen molar-refractivity contribution in [3.05, 3.63) is 35.5 Å². The van der Waals surface area contributed by atoms with Gasteiger partial charge in [0.25, 0.3) is 0 Å². The van der Waals surface area contributed by atoms with Crippen molar-refractivity contribution < 1.29 is 14.4 Å². The minimum atomic E-state index is 0.762. The highest BCUT2D eigenvalue weighted by Gasteiger charge is 2.27. The van der Waals surface area contributed by atoms with E-state index in [1.54, 1.807) is 19.1 Å². The van der Waals surface area contributed by atoms with Crippen LogP contribution in [0.25, 0.3) is 16.9 Å². The summed E-state index contributed by atoms with van der Waals surface area (Å²) in [6.07, 6.45) is 4.61. The van der Waals surface area contributed by atoms with E-state index in [4.69, 9.17) is 19.6 Å². The number of nitrogens with one attached hydrogen (secondary N) is 1. The van der Waals surface area contributed by atoms with Crippen molar-refractivity contribution in [3.63, 3.8) is 0 Å². The molecule has 0 bridgehead atoms. The van der Waals surface area contributed by atoms with Gasteiger partial charge in [0.2, 0.25) is 0 Å². The number of methoxy groups -OCH3 is 2. The smallest absolute Gasteiger partial charge is 0.158 e. The lowest BCUT2D eigenvalue weighted by atomic mass is 9.96. The molecule has 7 nitrogen and oxygen atoms in total. The van der Waals surface area contributed by atoms with Gasteiger partial charge in [-0.25, -0.2) is 4.98 Å². The molecule has 5 rings (SSSR count). The first kappa shape index (κ1) is 20.1. The average molecular weight is 423 g/mol. The predicted octanol–water partition coefficient (Wildman–Crippen LogP) is 2.02. The summed E-state index contributed by atoms with van der Waals surface area (Å²) in [4.78, 5) is 9.26. The summed E-state index contributed by atoms with van der Waals surface area (Å²) >= 11 is 0. The van der Waals surface area contributed by atoms with Crippen LogP contribution in [0.1, 0.15) is 31.0 Å². The molecule has 3 aromatic rings. The summed E-state index contributed by atoms with van der Waals surface area (Å²) in [6.45, 7) is 7.96. The molecule has 0 unspecified atom stereocenters. The standard InChI is InChI=1S/C24H31N5O2/c1-4-27-9-11-28(12-10-27)24-20-7-5-6-8-21(20)25-23-16-22(26-29(23)24)17-13-18(30-2)15-19(14-17)31-3/h13-16H,4-12H2,1-3H3/p+1. The Labute approximate surface area is 183 Å². The quantitative estimate of drug-likeness (QED) is 0.682. The minimum Gasteiger partial charge on any atom is -0.497 e. The second kappa shape index (κ2) is 8.38. The molecule has 7 heteroatoms. The lowest BCUT2D eigenvalue weighted by Crippen LogP contribution is -3.14. The fourth-order valence-corrected chi connectivity index (χ4v) is 4.94. The molecule has 31 heavy (non-hydrogen) atoms. The van der Waals surface area contributed by atoms with Crippen LogP contribution in [-0.4, -0.2) is 61.5 Å². The number of aryl methyl sites for hydroxylation is 1. The zero-order valence-electron chi connectivity index (χ0n) is 18.8. The van der Waals surface area contributed by atoms with E-state index in [1.165, 1.54) is 49.6 Å². The summed E-state index contributed by atoms with van der Waals surface area (Å²) in [7, 11) is 3.35. The fourth-order valence-electron chi connectivity index (χ4n) is 4.94. The number of rotatable bonds is 5. The van der Waals surface area contributed by atoms with Crippen LogP contribution in [0.15, 0.2) is 24.3 Å². The van der Waals surface area contributed by atoms with Crippen molar-refractivity contribution in [2.75, 3.05) is 51.8 Å². The van der Waals surface area contributed by atoms with Crippen molar-refractivity contribution in [2.24, 2.45) is 0 Å². The molecule has 3 heterocycles. The summed E-state index contributed by atoms with van der Waals surface area (Å²) in [5, 5.41) is 5.05. The Hall–Kier alpha value is -2.80. The summed E-state index contributed by atoms with van der Waals surface area (Å²) in [5.41, 5.74) is 5.46. The molecule has 0 amide bonds. The Bertz CT molecular complexity index is 1060. The van der Waals surface area contributed by atoms with Gasteiger partial charge in [0.15, 0.2) is 5.65 Å². The molecular weight excluding hydrogens is 390 g/mol. The normalized spacial score (nSPS) is 17.1. The molecule has 1 N–H and O–H groups in total. The van der Waals surface area contributed by atoms with Gasteiger partial charge in [-0.1, -0.05) is 0 Å². The summed E-state index contributed by atoms with van der Waals surface area (Å²) in [6, 6.07) is 8.00. The Kier molecular flexibility index (Phi) is 5.44. The van der Waals surface area contributed by atoms with Gasteiger partial charge in [0, 0.05) is 29.0 Å². The highest BCUT2D eigenvalue weighted by atomic mass is 16.5. The van der Waals surface area contributed by atoms with Crippen LogP contribution in [-0.2, 0) is 12.8 Å². The summed E-state index contributed by atoms with van der Waals surface area (Å²) in [5.74, 6) is 2.78. The van der Waals surface area contributed by atoms with Crippen molar-refractivity contribution in [1.82, 2.24) is 14.6 Å². The number of benzene rings is 1. The number of nitrogens with zero attached hydrogens (tertiary/aromatic N) is 4. The SMILES string of the molecule is CC[NH+]1CCN(c2c3c(nc4cc(-c5cc(OC)cc(OC)c5)nn24)CCCC3)CC1. The molecule has 1 aromatic carbocycles. The molecule has 2 aromatic heterocycles. The van der Waals surface area contributed by atoms with Crippen LogP contribution in [0, 0.1) is 0 Å². The number of hydrogen-bond acceptors (Lipinski definition) is 5. The zero-order valence-corrected chi connectivity index (χ0v) is 18.8. The highest BCUT2D eigenvalue weighted by molar-refractivity contribution is 5.70. The van der Waals surface area contributed by atoms with E-state index in [0.29, 0.717) is 0 Å². The fraction of sp³-hybridized carbons (Fsp3) is 0.500. The number of aromatic nitrogens is 3. The third kappa shape index (κ3) is 3.71. The molecule has 164 valence electrons. The van der Waals surface area contributed by atoms with Crippen molar-refractivity contribution in [1.29, 1.82) is 0 Å². The van der Waals surface area contributed by atoms with Gasteiger partial charge < -0.3 is 19.3 Å². The number of anilines is 1. The van der Waals surface area contributed by atoms with Crippen LogP contribution in [0.5, 0.6) is 11.5 Å². The first-order valence-corrected chi connectivity index (χ1v) is 11.4. The Balaban J connectivity index is 1.63. The Morgan fingerprint density at radius 1 is 0.968 bits per heavy atom. The van der Waals surface area contributed by atoms with Crippen molar-refractivity contribution in [3.8, 4) is 22.8 Å². The predicted molar refractivity (Wildman–Crippen MR) is 122 cm³/mol. The van der Waals surface area contributed by atoms with E-state index >= 15 is 0 Å². The second-order valence-electron chi connectivity index (χ2n) is 8.56. The van der Waals surface area contributed by atoms with Crippen molar-refractivity contribution >= 4 is 11.5 Å². The van der Waals surface area contributed by atoms with Gasteiger partial charge in [0.05, 0.1) is 52.6 Å². The molecule has 0 spiro atoms. The van der Waals surface area contributed by atoms with Crippen LogP contribution >= 0.6 is 0 Å². The molecule has 0 atom stereocenters. The zero-order chi connectivity index (χ0) is 21.4. The maximum Gasteiger partial charge on any atom is 0.158 e. The first-order chi connectivity index (χ1) is 15.2.